The first-order valence-corrected chi connectivity index (χ1v) is 8.04. The van der Waals surface area contributed by atoms with Gasteiger partial charge in [-0.3, -0.25) is 9.59 Å². The summed E-state index contributed by atoms with van der Waals surface area (Å²) in [6.07, 6.45) is 1.05. The van der Waals surface area contributed by atoms with Crippen molar-refractivity contribution >= 4 is 53.3 Å². The van der Waals surface area contributed by atoms with Crippen molar-refractivity contribution in [2.24, 2.45) is 0 Å². The molecule has 1 aliphatic rings. The summed E-state index contributed by atoms with van der Waals surface area (Å²) in [6.45, 7) is 1.47. The molecule has 1 heterocycles. The molecule has 0 radical (unpaired) electrons. The highest BCUT2D eigenvalue weighted by Crippen LogP contribution is 2.38. The van der Waals surface area contributed by atoms with E-state index in [1.54, 1.807) is 12.1 Å². The Bertz CT molecular complexity index is 543. The van der Waals surface area contributed by atoms with Crippen molar-refractivity contribution in [3.63, 3.8) is 0 Å². The first-order chi connectivity index (χ1) is 10.1. The summed E-state index contributed by atoms with van der Waals surface area (Å²) in [5.41, 5.74) is 0.711. The van der Waals surface area contributed by atoms with Crippen molar-refractivity contribution in [1.29, 1.82) is 0 Å². The number of amides is 2. The average molecular weight is 364 g/mol. The predicted molar refractivity (Wildman–Crippen MR) is 93.1 cm³/mol. The number of hydrogen-bond donors (Lipinski definition) is 3. The summed E-state index contributed by atoms with van der Waals surface area (Å²) in [5, 5.41) is 8.82. The molecule has 0 spiro atoms. The van der Waals surface area contributed by atoms with Crippen LogP contribution in [0, 0.1) is 0 Å². The Morgan fingerprint density at radius 3 is 2.91 bits per heavy atom. The topological polar surface area (TPSA) is 70.2 Å². The molecule has 0 saturated carbocycles. The van der Waals surface area contributed by atoms with Crippen LogP contribution in [0.2, 0.25) is 5.02 Å². The average Bonchev–Trinajstić information content (AvgIpc) is 2.45. The zero-order valence-electron chi connectivity index (χ0n) is 12.1. The maximum absolute atomic E-state index is 12.0. The van der Waals surface area contributed by atoms with Gasteiger partial charge < -0.3 is 16.0 Å². The van der Waals surface area contributed by atoms with E-state index >= 15 is 0 Å². The molecule has 0 fully saturated rings. The van der Waals surface area contributed by atoms with Crippen LogP contribution in [0.25, 0.3) is 0 Å². The highest BCUT2D eigenvalue weighted by Gasteiger charge is 2.28. The Balaban J connectivity index is 0.00000242. The number of benzene rings is 1. The van der Waals surface area contributed by atoms with Crippen molar-refractivity contribution in [2.45, 2.75) is 23.0 Å². The largest absolute Gasteiger partial charge is 0.356 e. The van der Waals surface area contributed by atoms with Crippen molar-refractivity contribution in [3.8, 4) is 0 Å². The highest BCUT2D eigenvalue weighted by atomic mass is 35.5. The van der Waals surface area contributed by atoms with Crippen LogP contribution in [0.1, 0.15) is 12.8 Å². The minimum Gasteiger partial charge on any atom is -0.356 e. The summed E-state index contributed by atoms with van der Waals surface area (Å²) in [7, 11) is 1.87. The Morgan fingerprint density at radius 1 is 1.41 bits per heavy atom. The zero-order valence-corrected chi connectivity index (χ0v) is 14.5. The molecule has 0 saturated heterocycles. The standard InChI is InChI=1S/C14H18ClN3O2S.ClH/c1-16-5-2-6-17-13(19)8-12-14(20)18-10-7-9(15)3-4-11(10)21-12;/h3-4,7,12,16H,2,5-6,8H2,1H3,(H,17,19)(H,18,20);1H. The lowest BCUT2D eigenvalue weighted by molar-refractivity contribution is -0.124. The van der Waals surface area contributed by atoms with E-state index < -0.39 is 5.25 Å². The summed E-state index contributed by atoms with van der Waals surface area (Å²) < 4.78 is 0. The molecule has 0 aromatic heterocycles. The van der Waals surface area contributed by atoms with E-state index in [4.69, 9.17) is 11.6 Å². The Labute approximate surface area is 145 Å². The Morgan fingerprint density at radius 2 is 2.18 bits per heavy atom. The predicted octanol–water partition coefficient (Wildman–Crippen LogP) is 2.29. The van der Waals surface area contributed by atoms with E-state index in [2.05, 4.69) is 16.0 Å². The van der Waals surface area contributed by atoms with Gasteiger partial charge in [0, 0.05) is 22.9 Å². The molecule has 0 bridgehead atoms. The number of hydrogen-bond acceptors (Lipinski definition) is 4. The number of nitrogens with one attached hydrogen (secondary N) is 3. The summed E-state index contributed by atoms with van der Waals surface area (Å²) in [4.78, 5) is 24.8. The van der Waals surface area contributed by atoms with E-state index in [1.807, 2.05) is 13.1 Å². The number of thioether (sulfide) groups is 1. The Hall–Kier alpha value is -0.950. The van der Waals surface area contributed by atoms with Gasteiger partial charge in [0.1, 0.15) is 0 Å². The van der Waals surface area contributed by atoms with E-state index in [0.717, 1.165) is 17.9 Å². The molecule has 2 amide bonds. The molecule has 1 aromatic carbocycles. The van der Waals surface area contributed by atoms with Gasteiger partial charge in [-0.05, 0) is 38.2 Å². The van der Waals surface area contributed by atoms with Crippen LogP contribution in [-0.2, 0) is 9.59 Å². The number of rotatable bonds is 6. The zero-order chi connectivity index (χ0) is 15.2. The fourth-order valence-electron chi connectivity index (χ4n) is 1.99. The second kappa shape index (κ2) is 9.25. The quantitative estimate of drug-likeness (QED) is 0.678. The fraction of sp³-hybridized carbons (Fsp3) is 0.429. The minimum atomic E-state index is -0.400. The van der Waals surface area contributed by atoms with Crippen molar-refractivity contribution < 1.29 is 9.59 Å². The van der Waals surface area contributed by atoms with Crippen molar-refractivity contribution in [2.75, 3.05) is 25.5 Å². The van der Waals surface area contributed by atoms with Crippen LogP contribution in [0.5, 0.6) is 0 Å². The number of carbonyl (C=O) groups is 2. The molecule has 1 unspecified atom stereocenters. The van der Waals surface area contributed by atoms with E-state index in [-0.39, 0.29) is 30.6 Å². The Kier molecular flexibility index (Phi) is 8.03. The lowest BCUT2D eigenvalue weighted by atomic mass is 10.2. The van der Waals surface area contributed by atoms with Gasteiger partial charge in [-0.25, -0.2) is 0 Å². The molecule has 22 heavy (non-hydrogen) atoms. The number of halogens is 2. The molecule has 8 heteroatoms. The molecule has 122 valence electrons. The van der Waals surface area contributed by atoms with Gasteiger partial charge in [-0.15, -0.1) is 24.2 Å². The molecule has 1 atom stereocenters. The van der Waals surface area contributed by atoms with Crippen LogP contribution < -0.4 is 16.0 Å². The fourth-order valence-corrected chi connectivity index (χ4v) is 3.25. The first kappa shape index (κ1) is 19.1. The summed E-state index contributed by atoms with van der Waals surface area (Å²) >= 11 is 7.30. The van der Waals surface area contributed by atoms with Gasteiger partial charge in [0.25, 0.3) is 0 Å². The van der Waals surface area contributed by atoms with Crippen LogP contribution >= 0.6 is 35.8 Å². The van der Waals surface area contributed by atoms with Gasteiger partial charge in [0.15, 0.2) is 0 Å². The monoisotopic (exact) mass is 363 g/mol. The highest BCUT2D eigenvalue weighted by molar-refractivity contribution is 8.01. The van der Waals surface area contributed by atoms with Gasteiger partial charge >= 0.3 is 0 Å². The van der Waals surface area contributed by atoms with Gasteiger partial charge in [-0.1, -0.05) is 11.6 Å². The SMILES string of the molecule is CNCCCNC(=O)CC1Sc2ccc(Cl)cc2NC1=O.Cl. The molecule has 3 N–H and O–H groups in total. The normalized spacial score (nSPS) is 16.3. The van der Waals surface area contributed by atoms with E-state index in [0.29, 0.717) is 17.3 Å². The molecular weight excluding hydrogens is 345 g/mol. The second-order valence-corrected chi connectivity index (χ2v) is 6.43. The van der Waals surface area contributed by atoms with Gasteiger partial charge in [0.05, 0.1) is 10.9 Å². The third-order valence-electron chi connectivity index (χ3n) is 3.06. The van der Waals surface area contributed by atoms with Crippen LogP contribution in [-0.4, -0.2) is 37.2 Å². The smallest absolute Gasteiger partial charge is 0.238 e. The van der Waals surface area contributed by atoms with E-state index in [1.165, 1.54) is 11.8 Å². The van der Waals surface area contributed by atoms with Crippen molar-refractivity contribution in [3.05, 3.63) is 23.2 Å². The molecule has 2 rings (SSSR count). The minimum absolute atomic E-state index is 0. The molecule has 1 aromatic rings. The molecule has 5 nitrogen and oxygen atoms in total. The second-order valence-electron chi connectivity index (χ2n) is 4.75. The van der Waals surface area contributed by atoms with Crippen molar-refractivity contribution in [1.82, 2.24) is 10.6 Å². The van der Waals surface area contributed by atoms with Gasteiger partial charge in [0.2, 0.25) is 11.8 Å². The molecule has 1 aliphatic heterocycles. The maximum atomic E-state index is 12.0. The maximum Gasteiger partial charge on any atom is 0.238 e. The number of carbonyl (C=O) groups excluding carboxylic acids is 2. The molecular formula is C14H19Cl2N3O2S. The van der Waals surface area contributed by atoms with E-state index in [9.17, 15) is 9.59 Å². The lowest BCUT2D eigenvalue weighted by Gasteiger charge is -2.23. The third-order valence-corrected chi connectivity index (χ3v) is 4.57. The number of anilines is 1. The summed E-state index contributed by atoms with van der Waals surface area (Å²) in [6, 6.07) is 5.36. The number of fused-ring (bicyclic) bond motifs is 1. The van der Waals surface area contributed by atoms with Gasteiger partial charge in [-0.2, -0.15) is 0 Å². The van der Waals surface area contributed by atoms with Crippen LogP contribution in [0.4, 0.5) is 5.69 Å². The molecule has 0 aliphatic carbocycles. The first-order valence-electron chi connectivity index (χ1n) is 6.78. The van der Waals surface area contributed by atoms with Crippen LogP contribution in [0.3, 0.4) is 0 Å². The summed E-state index contributed by atoms with van der Waals surface area (Å²) in [5.74, 6) is -0.253. The van der Waals surface area contributed by atoms with Crippen LogP contribution in [0.15, 0.2) is 23.1 Å². The lowest BCUT2D eigenvalue weighted by Crippen LogP contribution is -2.35. The third kappa shape index (κ3) is 5.35.